The van der Waals surface area contributed by atoms with Crippen molar-refractivity contribution in [1.29, 1.82) is 0 Å². The number of hydrogen-bond donors (Lipinski definition) is 0. The van der Waals surface area contributed by atoms with Gasteiger partial charge in [0.1, 0.15) is 12.4 Å². The van der Waals surface area contributed by atoms with Crippen molar-refractivity contribution in [3.63, 3.8) is 0 Å². The van der Waals surface area contributed by atoms with E-state index in [1.807, 2.05) is 0 Å². The van der Waals surface area contributed by atoms with Gasteiger partial charge in [0, 0.05) is 0 Å². The molecule has 2 nitrogen and oxygen atoms in total. The molecule has 1 fully saturated rings. The van der Waals surface area contributed by atoms with Crippen LogP contribution < -0.4 is 0 Å². The van der Waals surface area contributed by atoms with E-state index in [2.05, 4.69) is 6.92 Å². The minimum atomic E-state index is -0.102. The Balaban J connectivity index is 2.28. The SMILES string of the molecule is CCC1CCC(C=O)O1. The van der Waals surface area contributed by atoms with Crippen LogP contribution >= 0.6 is 0 Å². The van der Waals surface area contributed by atoms with Crippen molar-refractivity contribution in [2.75, 3.05) is 0 Å². The Morgan fingerprint density at radius 1 is 1.67 bits per heavy atom. The fraction of sp³-hybridized carbons (Fsp3) is 0.857. The highest BCUT2D eigenvalue weighted by Gasteiger charge is 2.22. The molecule has 0 aromatic carbocycles. The number of rotatable bonds is 2. The Labute approximate surface area is 55.2 Å². The minimum absolute atomic E-state index is 0.102. The van der Waals surface area contributed by atoms with E-state index in [4.69, 9.17) is 4.74 Å². The molecule has 0 N–H and O–H groups in total. The Morgan fingerprint density at radius 3 is 2.78 bits per heavy atom. The van der Waals surface area contributed by atoms with Crippen LogP contribution in [0.1, 0.15) is 26.2 Å². The Morgan fingerprint density at radius 2 is 2.44 bits per heavy atom. The molecular weight excluding hydrogens is 116 g/mol. The molecule has 0 amide bonds. The van der Waals surface area contributed by atoms with Crippen LogP contribution in [0.4, 0.5) is 0 Å². The van der Waals surface area contributed by atoms with Gasteiger partial charge in [-0.1, -0.05) is 6.92 Å². The lowest BCUT2D eigenvalue weighted by molar-refractivity contribution is -0.117. The van der Waals surface area contributed by atoms with E-state index in [0.29, 0.717) is 6.10 Å². The summed E-state index contributed by atoms with van der Waals surface area (Å²) in [5.74, 6) is 0. The fourth-order valence-corrected chi connectivity index (χ4v) is 1.13. The summed E-state index contributed by atoms with van der Waals surface area (Å²) >= 11 is 0. The summed E-state index contributed by atoms with van der Waals surface area (Å²) in [6.07, 6.45) is 4.15. The number of hydrogen-bond acceptors (Lipinski definition) is 2. The molecular formula is C7H12O2. The summed E-state index contributed by atoms with van der Waals surface area (Å²) in [6, 6.07) is 0. The first-order chi connectivity index (χ1) is 4.36. The predicted molar refractivity (Wildman–Crippen MR) is 34.2 cm³/mol. The van der Waals surface area contributed by atoms with E-state index in [9.17, 15) is 4.79 Å². The average Bonchev–Trinajstić information content (AvgIpc) is 2.34. The van der Waals surface area contributed by atoms with Gasteiger partial charge in [0.2, 0.25) is 0 Å². The lowest BCUT2D eigenvalue weighted by Crippen LogP contribution is -2.10. The van der Waals surface area contributed by atoms with Crippen molar-refractivity contribution in [2.24, 2.45) is 0 Å². The molecule has 1 saturated heterocycles. The fourth-order valence-electron chi connectivity index (χ4n) is 1.13. The van der Waals surface area contributed by atoms with Crippen LogP contribution in [0.3, 0.4) is 0 Å². The number of carbonyl (C=O) groups is 1. The molecule has 0 aliphatic carbocycles. The van der Waals surface area contributed by atoms with Gasteiger partial charge >= 0.3 is 0 Å². The second-order valence-corrected chi connectivity index (χ2v) is 2.42. The molecule has 2 heteroatoms. The monoisotopic (exact) mass is 128 g/mol. The van der Waals surface area contributed by atoms with Crippen molar-refractivity contribution in [2.45, 2.75) is 38.4 Å². The lowest BCUT2D eigenvalue weighted by Gasteiger charge is -2.04. The van der Waals surface area contributed by atoms with Crippen LogP contribution in [0.25, 0.3) is 0 Å². The van der Waals surface area contributed by atoms with E-state index in [0.717, 1.165) is 25.5 Å². The number of carbonyl (C=O) groups excluding carboxylic acids is 1. The molecule has 0 bridgehead atoms. The summed E-state index contributed by atoms with van der Waals surface area (Å²) in [5, 5.41) is 0. The zero-order chi connectivity index (χ0) is 6.69. The first-order valence-corrected chi connectivity index (χ1v) is 3.47. The maximum Gasteiger partial charge on any atom is 0.148 e. The predicted octanol–water partition coefficient (Wildman–Crippen LogP) is 1.14. The lowest BCUT2D eigenvalue weighted by atomic mass is 10.2. The molecule has 52 valence electrons. The number of aldehydes is 1. The third-order valence-corrected chi connectivity index (χ3v) is 1.75. The van der Waals surface area contributed by atoms with Crippen LogP contribution in [-0.2, 0) is 9.53 Å². The highest BCUT2D eigenvalue weighted by molar-refractivity contribution is 5.56. The molecule has 1 aliphatic heterocycles. The Hall–Kier alpha value is -0.370. The third-order valence-electron chi connectivity index (χ3n) is 1.75. The van der Waals surface area contributed by atoms with E-state index >= 15 is 0 Å². The molecule has 1 aliphatic rings. The molecule has 0 spiro atoms. The first-order valence-electron chi connectivity index (χ1n) is 3.47. The normalized spacial score (nSPS) is 34.8. The molecule has 0 saturated carbocycles. The second kappa shape index (κ2) is 2.97. The molecule has 1 rings (SSSR count). The van der Waals surface area contributed by atoms with Crippen molar-refractivity contribution < 1.29 is 9.53 Å². The maximum absolute atomic E-state index is 10.1. The highest BCUT2D eigenvalue weighted by Crippen LogP contribution is 2.19. The summed E-state index contributed by atoms with van der Waals surface area (Å²) in [6.45, 7) is 2.08. The van der Waals surface area contributed by atoms with Gasteiger partial charge in [-0.05, 0) is 19.3 Å². The van der Waals surface area contributed by atoms with Gasteiger partial charge in [-0.25, -0.2) is 0 Å². The summed E-state index contributed by atoms with van der Waals surface area (Å²) in [7, 11) is 0. The van der Waals surface area contributed by atoms with Gasteiger partial charge in [-0.3, -0.25) is 0 Å². The topological polar surface area (TPSA) is 26.3 Å². The number of ether oxygens (including phenoxy) is 1. The van der Waals surface area contributed by atoms with E-state index in [-0.39, 0.29) is 6.10 Å². The van der Waals surface area contributed by atoms with Crippen LogP contribution in [0, 0.1) is 0 Å². The van der Waals surface area contributed by atoms with Gasteiger partial charge in [-0.15, -0.1) is 0 Å². The maximum atomic E-state index is 10.1. The van der Waals surface area contributed by atoms with Crippen LogP contribution in [0.15, 0.2) is 0 Å². The molecule has 0 aromatic heterocycles. The van der Waals surface area contributed by atoms with E-state index < -0.39 is 0 Å². The van der Waals surface area contributed by atoms with Crippen LogP contribution in [0.2, 0.25) is 0 Å². The molecule has 0 aromatic rings. The minimum Gasteiger partial charge on any atom is -0.368 e. The van der Waals surface area contributed by atoms with Crippen molar-refractivity contribution >= 4 is 6.29 Å². The molecule has 2 atom stereocenters. The largest absolute Gasteiger partial charge is 0.368 e. The Kier molecular flexibility index (Phi) is 2.22. The average molecular weight is 128 g/mol. The van der Waals surface area contributed by atoms with Crippen molar-refractivity contribution in [1.82, 2.24) is 0 Å². The third kappa shape index (κ3) is 1.52. The second-order valence-electron chi connectivity index (χ2n) is 2.42. The van der Waals surface area contributed by atoms with Crippen LogP contribution in [0.5, 0.6) is 0 Å². The van der Waals surface area contributed by atoms with E-state index in [1.165, 1.54) is 0 Å². The zero-order valence-corrected chi connectivity index (χ0v) is 5.67. The van der Waals surface area contributed by atoms with Gasteiger partial charge in [0.25, 0.3) is 0 Å². The van der Waals surface area contributed by atoms with E-state index in [1.54, 1.807) is 0 Å². The molecule has 1 heterocycles. The molecule has 0 radical (unpaired) electrons. The van der Waals surface area contributed by atoms with Gasteiger partial charge in [-0.2, -0.15) is 0 Å². The van der Waals surface area contributed by atoms with Gasteiger partial charge < -0.3 is 9.53 Å². The van der Waals surface area contributed by atoms with Gasteiger partial charge in [0.05, 0.1) is 6.10 Å². The standard InChI is InChI=1S/C7H12O2/c1-2-6-3-4-7(5-8)9-6/h5-7H,2-4H2,1H3. The first kappa shape index (κ1) is 6.75. The highest BCUT2D eigenvalue weighted by atomic mass is 16.5. The summed E-state index contributed by atoms with van der Waals surface area (Å²) in [5.41, 5.74) is 0. The van der Waals surface area contributed by atoms with Crippen molar-refractivity contribution in [3.8, 4) is 0 Å². The zero-order valence-electron chi connectivity index (χ0n) is 5.67. The summed E-state index contributed by atoms with van der Waals surface area (Å²) < 4.78 is 5.29. The van der Waals surface area contributed by atoms with Crippen LogP contribution in [-0.4, -0.2) is 18.5 Å². The molecule has 2 unspecified atom stereocenters. The Bertz CT molecular complexity index is 101. The summed E-state index contributed by atoms with van der Waals surface area (Å²) in [4.78, 5) is 10.1. The van der Waals surface area contributed by atoms with Crippen molar-refractivity contribution in [3.05, 3.63) is 0 Å². The molecule has 9 heavy (non-hydrogen) atoms. The quantitative estimate of drug-likeness (QED) is 0.521. The van der Waals surface area contributed by atoms with Gasteiger partial charge in [0.15, 0.2) is 0 Å². The smallest absolute Gasteiger partial charge is 0.148 e.